The van der Waals surface area contributed by atoms with Gasteiger partial charge >= 0.3 is 0 Å². The molecule has 0 bridgehead atoms. The van der Waals surface area contributed by atoms with E-state index in [-0.39, 0.29) is 25.1 Å². The van der Waals surface area contributed by atoms with Crippen molar-refractivity contribution in [2.24, 2.45) is 0 Å². The number of hydrogen-bond acceptors (Lipinski definition) is 6. The zero-order valence-electron chi connectivity index (χ0n) is 12.3. The molecule has 0 unspecified atom stereocenters. The van der Waals surface area contributed by atoms with Gasteiger partial charge in [0.2, 0.25) is 0 Å². The lowest BCUT2D eigenvalue weighted by Gasteiger charge is -2.28. The molecule has 0 atom stereocenters. The van der Waals surface area contributed by atoms with Crippen LogP contribution in [-0.4, -0.2) is 29.3 Å². The van der Waals surface area contributed by atoms with Crippen molar-refractivity contribution >= 4 is 24.0 Å². The lowest BCUT2D eigenvalue weighted by Crippen LogP contribution is -2.50. The molecule has 23 heavy (non-hydrogen) atoms. The van der Waals surface area contributed by atoms with Crippen molar-refractivity contribution in [2.75, 3.05) is 13.1 Å². The normalized spacial score (nSPS) is 17.3. The average molecular weight is 358 g/mol. The molecule has 124 valence electrons. The molecule has 1 aromatic heterocycles. The molecule has 0 radical (unpaired) electrons. The summed E-state index contributed by atoms with van der Waals surface area (Å²) in [6.45, 7) is 1.89. The smallest absolute Gasteiger partial charge is 0.264 e. The molecule has 1 N–H and O–H groups in total. The Morgan fingerprint density at radius 3 is 2.78 bits per heavy atom. The molecule has 1 aliphatic heterocycles. The number of nitrogens with zero attached hydrogens (tertiary/aromatic N) is 2. The van der Waals surface area contributed by atoms with Gasteiger partial charge in [-0.25, -0.2) is 0 Å². The van der Waals surface area contributed by atoms with Crippen molar-refractivity contribution in [1.29, 1.82) is 0 Å². The van der Waals surface area contributed by atoms with Gasteiger partial charge in [-0.15, -0.1) is 12.4 Å². The van der Waals surface area contributed by atoms with Gasteiger partial charge in [0.1, 0.15) is 6.10 Å². The van der Waals surface area contributed by atoms with Crippen molar-refractivity contribution in [1.82, 2.24) is 15.5 Å². The molecule has 8 heteroatoms. The van der Waals surface area contributed by atoms with Crippen LogP contribution >= 0.6 is 24.0 Å². The zero-order valence-corrected chi connectivity index (χ0v) is 13.9. The minimum Gasteiger partial charge on any atom is -0.484 e. The van der Waals surface area contributed by atoms with Gasteiger partial charge in [-0.1, -0.05) is 16.8 Å². The summed E-state index contributed by atoms with van der Waals surface area (Å²) in [5.74, 6) is 3.00. The first kappa shape index (κ1) is 16.4. The van der Waals surface area contributed by atoms with Crippen LogP contribution < -0.4 is 14.8 Å². The molecule has 2 heterocycles. The number of hydrogen-bond donors (Lipinski definition) is 1. The molecule has 1 aliphatic carbocycles. The van der Waals surface area contributed by atoms with E-state index in [2.05, 4.69) is 15.5 Å². The topological polar surface area (TPSA) is 69.4 Å². The molecule has 2 aliphatic rings. The highest BCUT2D eigenvalue weighted by Crippen LogP contribution is 2.38. The number of ether oxygens (including phenoxy) is 2. The Balaban J connectivity index is 0.00000156. The second-order valence-corrected chi connectivity index (χ2v) is 6.03. The van der Waals surface area contributed by atoms with Crippen LogP contribution in [0.15, 0.2) is 22.7 Å². The van der Waals surface area contributed by atoms with Gasteiger partial charge < -0.3 is 19.3 Å². The van der Waals surface area contributed by atoms with E-state index in [9.17, 15) is 0 Å². The number of nitrogens with one attached hydrogen (secondary N) is 1. The summed E-state index contributed by atoms with van der Waals surface area (Å²) in [4.78, 5) is 4.34. The maximum absolute atomic E-state index is 6.03. The van der Waals surface area contributed by atoms with E-state index in [1.54, 1.807) is 18.2 Å². The monoisotopic (exact) mass is 357 g/mol. The maximum atomic E-state index is 6.03. The maximum Gasteiger partial charge on any atom is 0.264 e. The van der Waals surface area contributed by atoms with Crippen LogP contribution in [0.1, 0.15) is 30.5 Å². The minimum absolute atomic E-state index is 0. The van der Waals surface area contributed by atoms with Crippen molar-refractivity contribution in [3.63, 3.8) is 0 Å². The van der Waals surface area contributed by atoms with Crippen LogP contribution in [0.5, 0.6) is 11.5 Å². The second-order valence-electron chi connectivity index (χ2n) is 5.60. The number of aromatic nitrogens is 2. The lowest BCUT2D eigenvalue weighted by molar-refractivity contribution is 0.133. The molecule has 2 fully saturated rings. The van der Waals surface area contributed by atoms with Gasteiger partial charge in [0.25, 0.3) is 5.89 Å². The van der Waals surface area contributed by atoms with E-state index in [4.69, 9.17) is 25.6 Å². The third kappa shape index (κ3) is 3.88. The fourth-order valence-electron chi connectivity index (χ4n) is 2.19. The third-order valence-corrected chi connectivity index (χ3v) is 3.96. The lowest BCUT2D eigenvalue weighted by atomic mass is 10.2. The predicted molar refractivity (Wildman–Crippen MR) is 86.6 cm³/mol. The SMILES string of the molecule is Cl.Clc1ccc(OCc2nc(C3CC3)no2)c(OC2CNC2)c1. The number of halogens is 2. The van der Waals surface area contributed by atoms with E-state index in [1.165, 1.54) is 0 Å². The Morgan fingerprint density at radius 1 is 1.26 bits per heavy atom. The highest BCUT2D eigenvalue weighted by Gasteiger charge is 2.29. The summed E-state index contributed by atoms with van der Waals surface area (Å²) in [6.07, 6.45) is 2.44. The van der Waals surface area contributed by atoms with E-state index in [0.717, 1.165) is 31.8 Å². The Morgan fingerprint density at radius 2 is 2.09 bits per heavy atom. The van der Waals surface area contributed by atoms with Crippen LogP contribution in [0.4, 0.5) is 0 Å². The first-order valence-corrected chi connectivity index (χ1v) is 7.78. The van der Waals surface area contributed by atoms with Crippen LogP contribution in [0.25, 0.3) is 0 Å². The molecular formula is C15H17Cl2N3O3. The Bertz CT molecular complexity index is 672. The summed E-state index contributed by atoms with van der Waals surface area (Å²) in [5.41, 5.74) is 0. The number of benzene rings is 1. The molecule has 1 saturated carbocycles. The van der Waals surface area contributed by atoms with Crippen molar-refractivity contribution in [2.45, 2.75) is 31.5 Å². The first-order valence-electron chi connectivity index (χ1n) is 7.40. The van der Waals surface area contributed by atoms with Crippen LogP contribution in [0.2, 0.25) is 5.02 Å². The molecule has 0 spiro atoms. The highest BCUT2D eigenvalue weighted by molar-refractivity contribution is 6.30. The fourth-order valence-corrected chi connectivity index (χ4v) is 2.35. The van der Waals surface area contributed by atoms with Crippen molar-refractivity contribution < 1.29 is 14.0 Å². The van der Waals surface area contributed by atoms with Crippen molar-refractivity contribution in [3.05, 3.63) is 34.9 Å². The second kappa shape index (κ2) is 6.95. The Labute approximate surface area is 144 Å². The summed E-state index contributed by atoms with van der Waals surface area (Å²) in [5, 5.41) is 7.75. The van der Waals surface area contributed by atoms with Crippen LogP contribution in [-0.2, 0) is 6.61 Å². The largest absolute Gasteiger partial charge is 0.484 e. The van der Waals surface area contributed by atoms with Crippen molar-refractivity contribution in [3.8, 4) is 11.5 Å². The molecule has 2 aromatic rings. The summed E-state index contributed by atoms with van der Waals surface area (Å²) in [6, 6.07) is 5.33. The summed E-state index contributed by atoms with van der Waals surface area (Å²) < 4.78 is 16.8. The van der Waals surface area contributed by atoms with E-state index in [1.807, 2.05) is 0 Å². The Hall–Kier alpha value is -1.50. The Kier molecular flexibility index (Phi) is 4.94. The van der Waals surface area contributed by atoms with Gasteiger partial charge in [-0.2, -0.15) is 4.98 Å². The molecule has 6 nitrogen and oxygen atoms in total. The fraction of sp³-hybridized carbons (Fsp3) is 0.467. The summed E-state index contributed by atoms with van der Waals surface area (Å²) in [7, 11) is 0. The van der Waals surface area contributed by atoms with Gasteiger partial charge in [-0.05, 0) is 25.0 Å². The zero-order chi connectivity index (χ0) is 14.9. The van der Waals surface area contributed by atoms with Gasteiger partial charge in [0.05, 0.1) is 0 Å². The van der Waals surface area contributed by atoms with Gasteiger partial charge in [0, 0.05) is 30.1 Å². The highest BCUT2D eigenvalue weighted by atomic mass is 35.5. The molecular weight excluding hydrogens is 341 g/mol. The molecule has 1 aromatic carbocycles. The average Bonchev–Trinajstić information content (AvgIpc) is 3.21. The van der Waals surface area contributed by atoms with E-state index >= 15 is 0 Å². The van der Waals surface area contributed by atoms with Crippen LogP contribution in [0, 0.1) is 0 Å². The first-order chi connectivity index (χ1) is 10.8. The standard InChI is InChI=1S/C15H16ClN3O3.ClH/c16-10-3-4-12(13(5-10)21-11-6-17-7-11)20-8-14-18-15(19-22-14)9-1-2-9;/h3-5,9,11,17H,1-2,6-8H2;1H. The molecule has 0 amide bonds. The van der Waals surface area contributed by atoms with Crippen LogP contribution in [0.3, 0.4) is 0 Å². The predicted octanol–water partition coefficient (Wildman–Crippen LogP) is 2.95. The minimum atomic E-state index is 0. The van der Waals surface area contributed by atoms with Gasteiger partial charge in [-0.3, -0.25) is 0 Å². The van der Waals surface area contributed by atoms with E-state index < -0.39 is 0 Å². The van der Waals surface area contributed by atoms with E-state index in [0.29, 0.717) is 28.3 Å². The van der Waals surface area contributed by atoms with Gasteiger partial charge in [0.15, 0.2) is 23.9 Å². The summed E-state index contributed by atoms with van der Waals surface area (Å²) >= 11 is 6.03. The number of rotatable bonds is 6. The third-order valence-electron chi connectivity index (χ3n) is 3.72. The molecule has 1 saturated heterocycles. The molecule has 4 rings (SSSR count). The quantitative estimate of drug-likeness (QED) is 0.856.